The number of unbranched alkanes of at least 4 members (excludes halogenated alkanes) is 2. The van der Waals surface area contributed by atoms with Crippen molar-refractivity contribution < 1.29 is 9.90 Å². The summed E-state index contributed by atoms with van der Waals surface area (Å²) in [6, 6.07) is 0.0734. The topological polar surface area (TPSA) is 89.3 Å². The van der Waals surface area contributed by atoms with Gasteiger partial charge in [-0.3, -0.25) is 4.79 Å². The number of carboxylic acid groups (broad SMARTS) is 1. The Morgan fingerprint density at radius 2 is 1.86 bits per heavy atom. The van der Waals surface area contributed by atoms with Gasteiger partial charge in [0.1, 0.15) is 0 Å². The van der Waals surface area contributed by atoms with Crippen LogP contribution in [0, 0.1) is 0 Å². The lowest BCUT2D eigenvalue weighted by Crippen LogP contribution is -2.38. The van der Waals surface area contributed by atoms with Crippen LogP contribution in [0.1, 0.15) is 39.0 Å². The molecule has 0 aromatic heterocycles. The first-order chi connectivity index (χ1) is 6.04. The van der Waals surface area contributed by atoms with Crippen molar-refractivity contribution in [2.75, 3.05) is 0 Å². The fraction of sp³-hybridized carbons (Fsp3) is 0.889. The van der Waals surface area contributed by atoms with Crippen LogP contribution in [0.15, 0.2) is 0 Å². The van der Waals surface area contributed by atoms with E-state index in [1.165, 1.54) is 0 Å². The molecular formula is C9H21ClN2O2. The van der Waals surface area contributed by atoms with Crippen molar-refractivity contribution in [3.8, 4) is 0 Å². The highest BCUT2D eigenvalue weighted by Crippen LogP contribution is 2.05. The molecule has 0 heterocycles. The van der Waals surface area contributed by atoms with Gasteiger partial charge in [-0.2, -0.15) is 0 Å². The van der Waals surface area contributed by atoms with Crippen LogP contribution in [-0.2, 0) is 4.79 Å². The molecule has 0 aliphatic carbocycles. The Morgan fingerprint density at radius 3 is 2.29 bits per heavy atom. The highest BCUT2D eigenvalue weighted by Gasteiger charge is 2.06. The molecule has 0 saturated heterocycles. The van der Waals surface area contributed by atoms with Gasteiger partial charge in [0.25, 0.3) is 0 Å². The van der Waals surface area contributed by atoms with Crippen molar-refractivity contribution in [2.24, 2.45) is 11.5 Å². The molecule has 0 spiro atoms. The van der Waals surface area contributed by atoms with Crippen molar-refractivity contribution in [3.63, 3.8) is 0 Å². The lowest BCUT2D eigenvalue weighted by Gasteiger charge is -2.14. The van der Waals surface area contributed by atoms with E-state index in [0.717, 1.165) is 25.7 Å². The minimum atomic E-state index is -0.725. The highest BCUT2D eigenvalue weighted by atomic mass is 35.5. The minimum absolute atomic E-state index is 0. The third-order valence-electron chi connectivity index (χ3n) is 2.10. The average molecular weight is 225 g/mol. The zero-order chi connectivity index (χ0) is 10.3. The van der Waals surface area contributed by atoms with Gasteiger partial charge in [0.2, 0.25) is 0 Å². The fourth-order valence-electron chi connectivity index (χ4n) is 1.10. The van der Waals surface area contributed by atoms with Crippen LogP contribution in [0.3, 0.4) is 0 Å². The maximum Gasteiger partial charge on any atom is 0.303 e. The van der Waals surface area contributed by atoms with Crippen LogP contribution in [-0.4, -0.2) is 23.2 Å². The molecule has 14 heavy (non-hydrogen) atoms. The summed E-state index contributed by atoms with van der Waals surface area (Å²) < 4.78 is 0. The van der Waals surface area contributed by atoms with Crippen LogP contribution in [0.5, 0.6) is 0 Å². The standard InChI is InChI=1S/C9H20N2O2.ClH/c1-7(10)8(11)5-3-2-4-6-9(12)13;/h7-8H,2-6,10-11H2,1H3,(H,12,13);1H. The second kappa shape index (κ2) is 9.24. The molecule has 5 N–H and O–H groups in total. The lowest BCUT2D eigenvalue weighted by molar-refractivity contribution is -0.137. The van der Waals surface area contributed by atoms with Gasteiger partial charge < -0.3 is 16.6 Å². The number of carboxylic acids is 1. The van der Waals surface area contributed by atoms with Crippen molar-refractivity contribution in [1.29, 1.82) is 0 Å². The summed E-state index contributed by atoms with van der Waals surface area (Å²) in [7, 11) is 0. The summed E-state index contributed by atoms with van der Waals surface area (Å²) in [6.07, 6.45) is 3.77. The molecule has 0 aliphatic heterocycles. The summed E-state index contributed by atoms with van der Waals surface area (Å²) in [4.78, 5) is 10.2. The monoisotopic (exact) mass is 224 g/mol. The second-order valence-corrected chi connectivity index (χ2v) is 3.52. The van der Waals surface area contributed by atoms with Gasteiger partial charge in [-0.25, -0.2) is 0 Å². The zero-order valence-electron chi connectivity index (χ0n) is 8.61. The van der Waals surface area contributed by atoms with Gasteiger partial charge in [0, 0.05) is 18.5 Å². The predicted octanol–water partition coefficient (Wildman–Crippen LogP) is 1.12. The van der Waals surface area contributed by atoms with E-state index in [1.54, 1.807) is 0 Å². The summed E-state index contributed by atoms with van der Waals surface area (Å²) >= 11 is 0. The quantitative estimate of drug-likeness (QED) is 0.566. The van der Waals surface area contributed by atoms with Crippen molar-refractivity contribution in [3.05, 3.63) is 0 Å². The molecule has 0 bridgehead atoms. The number of halogens is 1. The van der Waals surface area contributed by atoms with E-state index in [1.807, 2.05) is 6.92 Å². The van der Waals surface area contributed by atoms with Crippen LogP contribution < -0.4 is 11.5 Å². The van der Waals surface area contributed by atoms with E-state index >= 15 is 0 Å². The minimum Gasteiger partial charge on any atom is -0.481 e. The Balaban J connectivity index is 0. The molecule has 0 rings (SSSR count). The third kappa shape index (κ3) is 9.77. The smallest absolute Gasteiger partial charge is 0.303 e. The molecule has 86 valence electrons. The van der Waals surface area contributed by atoms with Crippen LogP contribution >= 0.6 is 12.4 Å². The van der Waals surface area contributed by atoms with Gasteiger partial charge in [-0.05, 0) is 19.8 Å². The molecule has 2 atom stereocenters. The maximum atomic E-state index is 10.2. The number of rotatable bonds is 7. The average Bonchev–Trinajstić information content (AvgIpc) is 2.02. The SMILES string of the molecule is CC(N)C(N)CCCCCC(=O)O.Cl. The Bertz CT molecular complexity index is 154. The summed E-state index contributed by atoms with van der Waals surface area (Å²) in [5.41, 5.74) is 11.3. The molecule has 5 heteroatoms. The number of carbonyl (C=O) groups is 1. The molecule has 4 nitrogen and oxygen atoms in total. The lowest BCUT2D eigenvalue weighted by atomic mass is 10.0. The largest absolute Gasteiger partial charge is 0.481 e. The first-order valence-electron chi connectivity index (χ1n) is 4.77. The van der Waals surface area contributed by atoms with Crippen molar-refractivity contribution in [2.45, 2.75) is 51.1 Å². The van der Waals surface area contributed by atoms with E-state index in [9.17, 15) is 4.79 Å². The predicted molar refractivity (Wildman–Crippen MR) is 59.6 cm³/mol. The highest BCUT2D eigenvalue weighted by molar-refractivity contribution is 5.85. The number of hydrogen-bond donors (Lipinski definition) is 3. The Morgan fingerprint density at radius 1 is 1.29 bits per heavy atom. The van der Waals surface area contributed by atoms with Gasteiger partial charge in [0.15, 0.2) is 0 Å². The first kappa shape index (κ1) is 16.1. The molecule has 0 aromatic carbocycles. The van der Waals surface area contributed by atoms with Crippen LogP contribution in [0.4, 0.5) is 0 Å². The molecule has 0 aliphatic rings. The number of nitrogens with two attached hydrogens (primary N) is 2. The summed E-state index contributed by atoms with van der Waals surface area (Å²) in [5, 5.41) is 8.37. The molecule has 0 radical (unpaired) electrons. The fourth-order valence-corrected chi connectivity index (χ4v) is 1.10. The van der Waals surface area contributed by atoms with E-state index in [0.29, 0.717) is 0 Å². The third-order valence-corrected chi connectivity index (χ3v) is 2.10. The summed E-state index contributed by atoms with van der Waals surface area (Å²) in [6.45, 7) is 1.89. The molecule has 2 unspecified atom stereocenters. The molecule has 0 fully saturated rings. The normalized spacial score (nSPS) is 14.2. The van der Waals surface area contributed by atoms with E-state index in [2.05, 4.69) is 0 Å². The Labute approximate surface area is 91.4 Å². The molecule has 0 amide bonds. The van der Waals surface area contributed by atoms with E-state index in [4.69, 9.17) is 16.6 Å². The van der Waals surface area contributed by atoms with Crippen molar-refractivity contribution in [1.82, 2.24) is 0 Å². The van der Waals surface area contributed by atoms with Gasteiger partial charge in [0.05, 0.1) is 0 Å². The Hall–Kier alpha value is -0.320. The van der Waals surface area contributed by atoms with E-state index < -0.39 is 5.97 Å². The molecule has 0 saturated carbocycles. The van der Waals surface area contributed by atoms with Gasteiger partial charge in [-0.15, -0.1) is 12.4 Å². The first-order valence-corrected chi connectivity index (χ1v) is 4.77. The Kier molecular flexibility index (Phi) is 10.6. The second-order valence-electron chi connectivity index (χ2n) is 3.52. The van der Waals surface area contributed by atoms with E-state index in [-0.39, 0.29) is 30.9 Å². The van der Waals surface area contributed by atoms with Crippen molar-refractivity contribution >= 4 is 18.4 Å². The molecular weight excluding hydrogens is 204 g/mol. The zero-order valence-corrected chi connectivity index (χ0v) is 9.43. The van der Waals surface area contributed by atoms with Gasteiger partial charge >= 0.3 is 5.97 Å². The van der Waals surface area contributed by atoms with Crippen LogP contribution in [0.25, 0.3) is 0 Å². The maximum absolute atomic E-state index is 10.2. The van der Waals surface area contributed by atoms with Crippen LogP contribution in [0.2, 0.25) is 0 Å². The summed E-state index contributed by atoms with van der Waals surface area (Å²) in [5.74, 6) is -0.725. The number of aliphatic carboxylic acids is 1. The van der Waals surface area contributed by atoms with Gasteiger partial charge in [-0.1, -0.05) is 12.8 Å². The number of hydrogen-bond acceptors (Lipinski definition) is 3. The molecule has 0 aromatic rings.